The zero-order chi connectivity index (χ0) is 16.3. The van der Waals surface area contributed by atoms with Crippen molar-refractivity contribution >= 4 is 13.3 Å². The second kappa shape index (κ2) is 11.9. The lowest BCUT2D eigenvalue weighted by molar-refractivity contribution is -0.191. The topological polar surface area (TPSA) is 101 Å². The molecule has 0 heterocycles. The predicted molar refractivity (Wildman–Crippen MR) is 82.1 cm³/mol. The molecule has 1 saturated carbocycles. The van der Waals surface area contributed by atoms with Crippen LogP contribution in [0.3, 0.4) is 0 Å². The van der Waals surface area contributed by atoms with E-state index in [1.54, 1.807) is 0 Å². The van der Waals surface area contributed by atoms with Crippen LogP contribution >= 0.6 is 0 Å². The molecule has 0 aromatic heterocycles. The molecule has 4 N–H and O–H groups in total. The van der Waals surface area contributed by atoms with Crippen LogP contribution in [0.2, 0.25) is 6.32 Å². The zero-order valence-electron chi connectivity index (χ0n) is 13.3. The van der Waals surface area contributed by atoms with Gasteiger partial charge in [0.1, 0.15) is 0 Å². The van der Waals surface area contributed by atoms with Gasteiger partial charge in [-0.3, -0.25) is 0 Å². The average Bonchev–Trinajstić information content (AvgIpc) is 2.33. The molecular formula is C15H30BNO4. The van der Waals surface area contributed by atoms with Gasteiger partial charge >= 0.3 is 13.3 Å². The van der Waals surface area contributed by atoms with E-state index >= 15 is 0 Å². The molecule has 1 aliphatic carbocycles. The van der Waals surface area contributed by atoms with E-state index in [1.807, 2.05) is 0 Å². The van der Waals surface area contributed by atoms with Gasteiger partial charge in [0.2, 0.25) is 0 Å². The zero-order valence-corrected chi connectivity index (χ0v) is 13.3. The first-order chi connectivity index (χ1) is 9.90. The Kier molecular flexibility index (Phi) is 11.5. The summed E-state index contributed by atoms with van der Waals surface area (Å²) in [6, 6.07) is 0.330. The molecule has 0 amide bonds. The molecule has 1 rings (SSSR count). The summed E-state index contributed by atoms with van der Waals surface area (Å²) in [5.74, 6) is 2.46. The molecule has 0 aromatic carbocycles. The number of hydrogen-bond acceptors (Lipinski definition) is 5. The number of nitrogens with two attached hydrogens (primary N) is 1. The monoisotopic (exact) mass is 299 g/mol. The molecule has 1 unspecified atom stereocenters. The van der Waals surface area contributed by atoms with E-state index in [0.717, 1.165) is 37.0 Å². The summed E-state index contributed by atoms with van der Waals surface area (Å²) in [6.45, 7) is 4.58. The first-order valence-corrected chi connectivity index (χ1v) is 8.01. The molecule has 0 aromatic rings. The normalized spacial score (nSPS) is 21.8. The summed E-state index contributed by atoms with van der Waals surface area (Å²) in [4.78, 5) is 16.2. The minimum absolute atomic E-state index is 0.250. The largest absolute Gasteiger partial charge is 0.451 e. The van der Waals surface area contributed by atoms with Crippen molar-refractivity contribution in [3.8, 4) is 0 Å². The van der Waals surface area contributed by atoms with E-state index in [2.05, 4.69) is 13.8 Å². The molecule has 1 aliphatic rings. The number of rotatable bonds is 9. The maximum absolute atomic E-state index is 8.75. The molecule has 0 radical (unpaired) electrons. The SMILES string of the molecule is CC(C)CCC1CC(C(N)CCCCB(O)O)C1.O=C=O. The summed E-state index contributed by atoms with van der Waals surface area (Å²) in [5.41, 5.74) is 6.19. The Balaban J connectivity index is 0.00000122. The third-order valence-electron chi connectivity index (χ3n) is 4.28. The molecule has 122 valence electrons. The lowest BCUT2D eigenvalue weighted by Crippen LogP contribution is -2.39. The molecular weight excluding hydrogens is 269 g/mol. The molecule has 5 nitrogen and oxygen atoms in total. The Hall–Kier alpha value is -0.675. The lowest BCUT2D eigenvalue weighted by atomic mass is 9.68. The Morgan fingerprint density at radius 1 is 1.19 bits per heavy atom. The molecule has 6 heteroatoms. The minimum atomic E-state index is -1.15. The van der Waals surface area contributed by atoms with Gasteiger partial charge in [-0.1, -0.05) is 39.5 Å². The smallest absolute Gasteiger partial charge is 0.427 e. The first kappa shape index (κ1) is 20.3. The van der Waals surface area contributed by atoms with Crippen molar-refractivity contribution in [3.63, 3.8) is 0 Å². The summed E-state index contributed by atoms with van der Waals surface area (Å²) in [7, 11) is -1.15. The van der Waals surface area contributed by atoms with Crippen LogP contribution in [-0.2, 0) is 9.59 Å². The third-order valence-corrected chi connectivity index (χ3v) is 4.28. The first-order valence-electron chi connectivity index (χ1n) is 8.01. The highest BCUT2D eigenvalue weighted by atomic mass is 16.4. The van der Waals surface area contributed by atoms with E-state index < -0.39 is 7.12 Å². The fraction of sp³-hybridized carbons (Fsp3) is 0.933. The minimum Gasteiger partial charge on any atom is -0.427 e. The van der Waals surface area contributed by atoms with Gasteiger partial charge in [-0.15, -0.1) is 0 Å². The maximum atomic E-state index is 8.75. The van der Waals surface area contributed by atoms with Gasteiger partial charge in [0, 0.05) is 6.04 Å². The van der Waals surface area contributed by atoms with Crippen LogP contribution in [0, 0.1) is 17.8 Å². The Labute approximate surface area is 128 Å². The van der Waals surface area contributed by atoms with E-state index in [9.17, 15) is 0 Å². The van der Waals surface area contributed by atoms with E-state index in [1.165, 1.54) is 25.7 Å². The molecule has 0 bridgehead atoms. The number of unbranched alkanes of at least 4 members (excludes halogenated alkanes) is 1. The molecule has 0 aliphatic heterocycles. The fourth-order valence-corrected chi connectivity index (χ4v) is 2.88. The third kappa shape index (κ3) is 10.7. The Morgan fingerprint density at radius 2 is 1.76 bits per heavy atom. The predicted octanol–water partition coefficient (Wildman–Crippen LogP) is 1.84. The van der Waals surface area contributed by atoms with Crippen LogP contribution in [0.25, 0.3) is 0 Å². The van der Waals surface area contributed by atoms with Crippen LogP contribution < -0.4 is 5.73 Å². The van der Waals surface area contributed by atoms with Gasteiger partial charge in [0.05, 0.1) is 0 Å². The van der Waals surface area contributed by atoms with Gasteiger partial charge in [0.15, 0.2) is 0 Å². The highest BCUT2D eigenvalue weighted by molar-refractivity contribution is 6.40. The maximum Gasteiger partial charge on any atom is 0.451 e. The Bertz CT molecular complexity index is 285. The Morgan fingerprint density at radius 3 is 2.24 bits per heavy atom. The van der Waals surface area contributed by atoms with Crippen LogP contribution in [-0.4, -0.2) is 29.4 Å². The molecule has 0 saturated heterocycles. The highest BCUT2D eigenvalue weighted by Gasteiger charge is 2.32. The highest BCUT2D eigenvalue weighted by Crippen LogP contribution is 2.40. The molecule has 1 atom stereocenters. The molecule has 21 heavy (non-hydrogen) atoms. The van der Waals surface area contributed by atoms with Gasteiger partial charge in [-0.25, -0.2) is 0 Å². The van der Waals surface area contributed by atoms with Crippen LogP contribution in [0.5, 0.6) is 0 Å². The van der Waals surface area contributed by atoms with Crippen LogP contribution in [0.1, 0.15) is 58.8 Å². The van der Waals surface area contributed by atoms with Gasteiger partial charge in [-0.2, -0.15) is 9.59 Å². The van der Waals surface area contributed by atoms with Crippen molar-refractivity contribution in [2.24, 2.45) is 23.5 Å². The summed E-state index contributed by atoms with van der Waals surface area (Å²) < 4.78 is 0. The summed E-state index contributed by atoms with van der Waals surface area (Å²) in [6.07, 6.45) is 9.01. The van der Waals surface area contributed by atoms with Gasteiger partial charge < -0.3 is 15.8 Å². The summed E-state index contributed by atoms with van der Waals surface area (Å²) in [5, 5.41) is 17.5. The standard InChI is InChI=1S/C14H30BNO2.CO2/c1-11(2)6-7-12-9-13(10-12)14(16)5-3-4-8-15(17)18;2-1-3/h11-14,17-18H,3-10,16H2,1-2H3;. The van der Waals surface area contributed by atoms with Gasteiger partial charge in [-0.05, 0) is 43.3 Å². The molecule has 0 spiro atoms. The van der Waals surface area contributed by atoms with Crippen molar-refractivity contribution in [2.75, 3.05) is 0 Å². The van der Waals surface area contributed by atoms with Crippen molar-refractivity contribution < 1.29 is 19.6 Å². The number of carbonyl (C=O) groups excluding carboxylic acids is 2. The van der Waals surface area contributed by atoms with E-state index in [-0.39, 0.29) is 6.15 Å². The van der Waals surface area contributed by atoms with Crippen molar-refractivity contribution in [3.05, 3.63) is 0 Å². The van der Waals surface area contributed by atoms with Gasteiger partial charge in [0.25, 0.3) is 0 Å². The van der Waals surface area contributed by atoms with Crippen LogP contribution in [0.4, 0.5) is 0 Å². The van der Waals surface area contributed by atoms with Crippen molar-refractivity contribution in [1.29, 1.82) is 0 Å². The second-order valence-corrected chi connectivity index (χ2v) is 6.58. The lowest BCUT2D eigenvalue weighted by Gasteiger charge is -2.39. The average molecular weight is 299 g/mol. The van der Waals surface area contributed by atoms with Crippen molar-refractivity contribution in [1.82, 2.24) is 0 Å². The molecule has 1 fully saturated rings. The van der Waals surface area contributed by atoms with E-state index in [0.29, 0.717) is 12.4 Å². The fourth-order valence-electron chi connectivity index (χ4n) is 2.88. The van der Waals surface area contributed by atoms with Crippen molar-refractivity contribution in [2.45, 2.75) is 71.2 Å². The number of hydrogen-bond donors (Lipinski definition) is 3. The quantitative estimate of drug-likeness (QED) is 0.445. The van der Waals surface area contributed by atoms with E-state index in [4.69, 9.17) is 25.4 Å². The second-order valence-electron chi connectivity index (χ2n) is 6.58. The van der Waals surface area contributed by atoms with Crippen LogP contribution in [0.15, 0.2) is 0 Å². The summed E-state index contributed by atoms with van der Waals surface area (Å²) >= 11 is 0.